The van der Waals surface area contributed by atoms with Crippen LogP contribution in [0.1, 0.15) is 5.56 Å². The first-order valence-corrected chi connectivity index (χ1v) is 11.1. The Labute approximate surface area is 213 Å². The van der Waals surface area contributed by atoms with Gasteiger partial charge in [0.2, 0.25) is 18.2 Å². The van der Waals surface area contributed by atoms with Gasteiger partial charge in [-0.3, -0.25) is 0 Å². The fourth-order valence-electron chi connectivity index (χ4n) is 2.71. The SMILES string of the molecule is O=C=N[Si](N=C=O)(N=C=O)c1ccc(C(F)(F)C(F)(F)C(F)(F)C(F)(F)C(F)(F)C(F)(F)C(F)(F)C(F)(F)F)cc1. The molecule has 0 aliphatic rings. The Morgan fingerprint density at radius 3 is 1.05 bits per heavy atom. The molecule has 0 aromatic heterocycles. The van der Waals surface area contributed by atoms with E-state index in [0.29, 0.717) is 18.2 Å². The van der Waals surface area contributed by atoms with Gasteiger partial charge in [-0.15, -0.1) is 0 Å². The third-order valence-electron chi connectivity index (χ3n) is 4.96. The Kier molecular flexibility index (Phi) is 8.93. The summed E-state index contributed by atoms with van der Waals surface area (Å²) in [6.07, 6.45) is -5.73. The molecule has 0 saturated heterocycles. The van der Waals surface area contributed by atoms with E-state index in [0.717, 1.165) is 0 Å². The lowest BCUT2D eigenvalue weighted by atomic mass is 9.87. The molecule has 0 aliphatic carbocycles. The highest BCUT2D eigenvalue weighted by Crippen LogP contribution is 2.65. The van der Waals surface area contributed by atoms with E-state index in [1.165, 1.54) is 0 Å². The van der Waals surface area contributed by atoms with E-state index in [9.17, 15) is 89.0 Å². The summed E-state index contributed by atoms with van der Waals surface area (Å²) in [6.45, 7) is 0. The van der Waals surface area contributed by atoms with Crippen molar-refractivity contribution < 1.29 is 89.0 Å². The van der Waals surface area contributed by atoms with E-state index in [-0.39, 0.29) is 12.1 Å². The number of alkyl halides is 17. The van der Waals surface area contributed by atoms with Crippen LogP contribution in [0.25, 0.3) is 0 Å². The lowest BCUT2D eigenvalue weighted by molar-refractivity contribution is -0.462. The largest absolute Gasteiger partial charge is 0.501 e. The minimum atomic E-state index is -8.77. The maximum Gasteiger partial charge on any atom is 0.501 e. The van der Waals surface area contributed by atoms with Crippen molar-refractivity contribution in [3.8, 4) is 0 Å². The molecule has 0 unspecified atom stereocenters. The van der Waals surface area contributed by atoms with Crippen LogP contribution in [0, 0.1) is 0 Å². The molecule has 0 N–H and O–H groups in total. The van der Waals surface area contributed by atoms with Crippen molar-refractivity contribution in [2.75, 3.05) is 0 Å². The molecule has 41 heavy (non-hydrogen) atoms. The van der Waals surface area contributed by atoms with E-state index < -0.39 is 79.1 Å². The predicted molar refractivity (Wildman–Crippen MR) is 95.8 cm³/mol. The number of benzene rings is 1. The zero-order valence-electron chi connectivity index (χ0n) is 18.3. The second-order valence-electron chi connectivity index (χ2n) is 7.34. The molecule has 0 radical (unpaired) electrons. The van der Waals surface area contributed by atoms with Crippen LogP contribution in [-0.4, -0.2) is 68.5 Å². The molecular weight excluding hydrogens is 645 g/mol. The molecule has 0 saturated carbocycles. The molecule has 0 aliphatic heterocycles. The molecule has 0 heterocycles. The maximum absolute atomic E-state index is 14.4. The van der Waals surface area contributed by atoms with Crippen LogP contribution in [0.4, 0.5) is 74.6 Å². The number of carbonyl (C=O) groups excluding carboxylic acids is 3. The van der Waals surface area contributed by atoms with Crippen molar-refractivity contribution in [1.29, 1.82) is 0 Å². The Bertz CT molecular complexity index is 1250. The van der Waals surface area contributed by atoms with Gasteiger partial charge in [0.05, 0.1) is 0 Å². The third-order valence-corrected chi connectivity index (χ3v) is 7.28. The molecule has 0 spiro atoms. The highest BCUT2D eigenvalue weighted by atomic mass is 28.4. The Morgan fingerprint density at radius 1 is 0.463 bits per heavy atom. The van der Waals surface area contributed by atoms with Crippen LogP contribution < -0.4 is 5.19 Å². The second-order valence-corrected chi connectivity index (χ2v) is 9.86. The highest BCUT2D eigenvalue weighted by molar-refractivity contribution is 6.88. The van der Waals surface area contributed by atoms with E-state index >= 15 is 0 Å². The van der Waals surface area contributed by atoms with Crippen LogP contribution >= 0.6 is 0 Å². The molecule has 0 fully saturated rings. The zero-order chi connectivity index (χ0) is 32.7. The first-order valence-electron chi connectivity index (χ1n) is 9.24. The summed E-state index contributed by atoms with van der Waals surface area (Å²) >= 11 is 0. The molecule has 1 rings (SSSR count). The Hall–Kier alpha value is -3.61. The number of hydrogen-bond donors (Lipinski definition) is 0. The third kappa shape index (κ3) is 4.93. The Balaban J connectivity index is 3.81. The van der Waals surface area contributed by atoms with Crippen molar-refractivity contribution in [2.24, 2.45) is 14.0 Å². The fourth-order valence-corrected chi connectivity index (χ4v) is 4.24. The van der Waals surface area contributed by atoms with Gasteiger partial charge in [-0.1, -0.05) is 24.3 Å². The van der Waals surface area contributed by atoms with E-state index in [2.05, 4.69) is 14.0 Å². The van der Waals surface area contributed by atoms with Crippen LogP contribution in [-0.2, 0) is 20.3 Å². The number of halogens is 17. The van der Waals surface area contributed by atoms with Gasteiger partial charge < -0.3 is 0 Å². The second kappa shape index (κ2) is 10.3. The molecule has 0 atom stereocenters. The first kappa shape index (κ1) is 35.4. The van der Waals surface area contributed by atoms with Crippen molar-refractivity contribution >= 4 is 32.0 Å². The van der Waals surface area contributed by atoms with Crippen molar-refractivity contribution in [3.63, 3.8) is 0 Å². The van der Waals surface area contributed by atoms with E-state index in [1.54, 1.807) is 0 Å². The molecule has 1 aromatic rings. The normalized spacial score (nSPS) is 15.6. The number of rotatable bonds is 11. The number of hydrogen-bond acceptors (Lipinski definition) is 6. The van der Waals surface area contributed by atoms with Gasteiger partial charge >= 0.3 is 56.2 Å². The minimum absolute atomic E-state index is 0.0109. The average Bonchev–Trinajstić information content (AvgIpc) is 2.83. The zero-order valence-corrected chi connectivity index (χ0v) is 19.3. The summed E-state index contributed by atoms with van der Waals surface area (Å²) in [5, 5.41) is -0.909. The highest BCUT2D eigenvalue weighted by Gasteiger charge is 2.95. The van der Waals surface area contributed by atoms with E-state index in [4.69, 9.17) is 0 Å². The summed E-state index contributed by atoms with van der Waals surface area (Å²) in [6, 6.07) is -0.885. The van der Waals surface area contributed by atoms with Gasteiger partial charge in [-0.25, -0.2) is 14.4 Å². The summed E-state index contributed by atoms with van der Waals surface area (Å²) in [5.74, 6) is -57.8. The summed E-state index contributed by atoms with van der Waals surface area (Å²) in [7, 11) is -4.89. The van der Waals surface area contributed by atoms with Crippen LogP contribution in [0.15, 0.2) is 38.2 Å². The van der Waals surface area contributed by atoms with Gasteiger partial charge in [-0.05, 0) is 0 Å². The summed E-state index contributed by atoms with van der Waals surface area (Å²) in [5.41, 5.74) is -2.58. The Morgan fingerprint density at radius 2 is 0.756 bits per heavy atom. The first-order chi connectivity index (χ1) is 18.1. The van der Waals surface area contributed by atoms with Gasteiger partial charge in [0.15, 0.2) is 0 Å². The topological polar surface area (TPSA) is 88.3 Å². The van der Waals surface area contributed by atoms with Gasteiger partial charge in [0.25, 0.3) is 0 Å². The number of isocyanates is 3. The van der Waals surface area contributed by atoms with Gasteiger partial charge in [-0.2, -0.15) is 88.6 Å². The number of nitrogens with zero attached hydrogens (tertiary/aromatic N) is 3. The van der Waals surface area contributed by atoms with Crippen LogP contribution in [0.3, 0.4) is 0 Å². The lowest BCUT2D eigenvalue weighted by Crippen LogP contribution is -2.74. The van der Waals surface area contributed by atoms with Crippen LogP contribution in [0.5, 0.6) is 0 Å². The van der Waals surface area contributed by atoms with Crippen molar-refractivity contribution in [2.45, 2.75) is 47.6 Å². The molecule has 6 nitrogen and oxygen atoms in total. The maximum atomic E-state index is 14.4. The van der Waals surface area contributed by atoms with E-state index in [1.807, 2.05) is 0 Å². The predicted octanol–water partition coefficient (Wildman–Crippen LogP) is 5.31. The minimum Gasteiger partial charge on any atom is -0.212 e. The van der Waals surface area contributed by atoms with Crippen molar-refractivity contribution in [1.82, 2.24) is 0 Å². The van der Waals surface area contributed by atoms with Crippen LogP contribution in [0.2, 0.25) is 0 Å². The smallest absolute Gasteiger partial charge is 0.212 e. The molecule has 24 heteroatoms. The summed E-state index contributed by atoms with van der Waals surface area (Å²) in [4.78, 5) is 31.6. The molecular formula is C17H4F17N3O3Si. The molecule has 228 valence electrons. The monoisotopic (exact) mass is 649 g/mol. The molecule has 0 amide bonds. The average molecular weight is 649 g/mol. The lowest BCUT2D eigenvalue weighted by Gasteiger charge is -2.42. The van der Waals surface area contributed by atoms with Gasteiger partial charge in [0, 0.05) is 10.8 Å². The van der Waals surface area contributed by atoms with Crippen molar-refractivity contribution in [3.05, 3.63) is 29.8 Å². The standard InChI is InChI=1S/C17H4F17N3O3Si/c18-10(19,8-1-3-9(4-2-8)41(35-5-38,36-6-39)37-7-40)11(20,21)12(22,23)13(24,25)14(26,27)15(28,29)16(30,31)17(32,33)34/h1-4H. The fraction of sp³-hybridized carbons (Fsp3) is 0.471. The quantitative estimate of drug-likeness (QED) is 0.141. The summed E-state index contributed by atoms with van der Waals surface area (Å²) < 4.78 is 237. The molecule has 1 aromatic carbocycles. The van der Waals surface area contributed by atoms with Gasteiger partial charge in [0.1, 0.15) is 0 Å². The molecule has 0 bridgehead atoms.